The third kappa shape index (κ3) is 2.63. The predicted octanol–water partition coefficient (Wildman–Crippen LogP) is 2.73. The summed E-state index contributed by atoms with van der Waals surface area (Å²) >= 11 is 0. The van der Waals surface area contributed by atoms with Gasteiger partial charge in [0.25, 0.3) is 0 Å². The minimum Gasteiger partial charge on any atom is -0.478 e. The van der Waals surface area contributed by atoms with Crippen molar-refractivity contribution in [3.05, 3.63) is 53.7 Å². The summed E-state index contributed by atoms with van der Waals surface area (Å²) in [4.78, 5) is 10.7. The molecule has 0 fully saturated rings. The van der Waals surface area contributed by atoms with Gasteiger partial charge in [0.05, 0.1) is 24.1 Å². The lowest BCUT2D eigenvalue weighted by Crippen LogP contribution is -2.03. The van der Waals surface area contributed by atoms with E-state index in [4.69, 9.17) is 9.52 Å². The Balaban J connectivity index is 2.14. The number of benzene rings is 1. The maximum atomic E-state index is 13.4. The second-order valence-electron chi connectivity index (χ2n) is 3.43. The van der Waals surface area contributed by atoms with Crippen LogP contribution >= 0.6 is 0 Å². The van der Waals surface area contributed by atoms with E-state index in [0.717, 1.165) is 6.07 Å². The van der Waals surface area contributed by atoms with Crippen LogP contribution in [0.1, 0.15) is 16.1 Å². The summed E-state index contributed by atoms with van der Waals surface area (Å²) < 4.78 is 18.4. The van der Waals surface area contributed by atoms with Crippen molar-refractivity contribution < 1.29 is 18.7 Å². The highest BCUT2D eigenvalue weighted by Gasteiger charge is 2.08. The van der Waals surface area contributed by atoms with Crippen molar-refractivity contribution in [2.45, 2.75) is 6.54 Å². The predicted molar refractivity (Wildman–Crippen MR) is 59.4 cm³/mol. The van der Waals surface area contributed by atoms with Crippen LogP contribution in [0.4, 0.5) is 10.1 Å². The third-order valence-electron chi connectivity index (χ3n) is 2.25. The molecule has 2 N–H and O–H groups in total. The summed E-state index contributed by atoms with van der Waals surface area (Å²) in [5.41, 5.74) is 0.176. The van der Waals surface area contributed by atoms with Gasteiger partial charge in [0.15, 0.2) is 0 Å². The van der Waals surface area contributed by atoms with E-state index in [1.54, 1.807) is 12.1 Å². The highest BCUT2D eigenvalue weighted by molar-refractivity contribution is 5.88. The fourth-order valence-corrected chi connectivity index (χ4v) is 1.39. The van der Waals surface area contributed by atoms with E-state index in [1.807, 2.05) is 0 Å². The first-order valence-corrected chi connectivity index (χ1v) is 4.96. The van der Waals surface area contributed by atoms with Crippen LogP contribution in [-0.4, -0.2) is 11.1 Å². The van der Waals surface area contributed by atoms with E-state index in [-0.39, 0.29) is 11.3 Å². The summed E-state index contributed by atoms with van der Waals surface area (Å²) in [5.74, 6) is -0.947. The Morgan fingerprint density at radius 1 is 1.41 bits per heavy atom. The van der Waals surface area contributed by atoms with Gasteiger partial charge in [0.2, 0.25) is 0 Å². The standard InChI is InChI=1S/C12H10FNO3/c13-10-4-3-8(12(15)16)6-11(10)14-7-9-2-1-5-17-9/h1-6,14H,7H2,(H,15,16). The molecular weight excluding hydrogens is 225 g/mol. The number of carboxylic acid groups (broad SMARTS) is 1. The average molecular weight is 235 g/mol. The van der Waals surface area contributed by atoms with E-state index in [2.05, 4.69) is 5.32 Å². The highest BCUT2D eigenvalue weighted by Crippen LogP contribution is 2.17. The molecule has 0 saturated heterocycles. The first-order chi connectivity index (χ1) is 8.16. The van der Waals surface area contributed by atoms with Crippen LogP contribution in [0.3, 0.4) is 0 Å². The largest absolute Gasteiger partial charge is 0.478 e. The number of furan rings is 1. The van der Waals surface area contributed by atoms with Gasteiger partial charge in [-0.15, -0.1) is 0 Å². The van der Waals surface area contributed by atoms with Crippen molar-refractivity contribution in [3.63, 3.8) is 0 Å². The number of anilines is 1. The summed E-state index contributed by atoms with van der Waals surface area (Å²) in [7, 11) is 0. The van der Waals surface area contributed by atoms with Gasteiger partial charge < -0.3 is 14.8 Å². The van der Waals surface area contributed by atoms with Gasteiger partial charge in [-0.25, -0.2) is 9.18 Å². The normalized spacial score (nSPS) is 10.2. The Morgan fingerprint density at radius 3 is 2.88 bits per heavy atom. The molecule has 17 heavy (non-hydrogen) atoms. The molecule has 1 aromatic carbocycles. The first-order valence-electron chi connectivity index (χ1n) is 4.96. The monoisotopic (exact) mass is 235 g/mol. The molecule has 0 aliphatic rings. The zero-order chi connectivity index (χ0) is 12.3. The fourth-order valence-electron chi connectivity index (χ4n) is 1.39. The molecule has 0 aliphatic carbocycles. The lowest BCUT2D eigenvalue weighted by Gasteiger charge is -2.06. The summed E-state index contributed by atoms with van der Waals surface area (Å²) in [6, 6.07) is 7.05. The Hall–Kier alpha value is -2.30. The van der Waals surface area contributed by atoms with Gasteiger partial charge in [-0.2, -0.15) is 0 Å². The number of carbonyl (C=O) groups is 1. The zero-order valence-electron chi connectivity index (χ0n) is 8.81. The number of halogens is 1. The molecule has 0 aliphatic heterocycles. The minimum atomic E-state index is -1.09. The lowest BCUT2D eigenvalue weighted by molar-refractivity contribution is 0.0697. The molecule has 88 valence electrons. The van der Waals surface area contributed by atoms with Crippen LogP contribution in [0.2, 0.25) is 0 Å². The fraction of sp³-hybridized carbons (Fsp3) is 0.0833. The second kappa shape index (κ2) is 4.69. The van der Waals surface area contributed by atoms with Crippen molar-refractivity contribution in [1.29, 1.82) is 0 Å². The molecule has 0 amide bonds. The molecule has 1 aromatic heterocycles. The lowest BCUT2D eigenvalue weighted by atomic mass is 10.2. The molecule has 0 atom stereocenters. The summed E-state index contributed by atoms with van der Waals surface area (Å²) in [6.07, 6.45) is 1.51. The van der Waals surface area contributed by atoms with Gasteiger partial charge in [-0.05, 0) is 30.3 Å². The summed E-state index contributed by atoms with van der Waals surface area (Å²) in [5, 5.41) is 11.6. The SMILES string of the molecule is O=C(O)c1ccc(F)c(NCc2ccco2)c1. The number of hydrogen-bond acceptors (Lipinski definition) is 3. The molecular formula is C12H10FNO3. The molecule has 2 rings (SSSR count). The smallest absolute Gasteiger partial charge is 0.335 e. The Bertz CT molecular complexity index is 523. The maximum absolute atomic E-state index is 13.4. The Labute approximate surface area is 96.7 Å². The van der Waals surface area contributed by atoms with Crippen molar-refractivity contribution in [3.8, 4) is 0 Å². The van der Waals surface area contributed by atoms with Gasteiger partial charge in [-0.3, -0.25) is 0 Å². The van der Waals surface area contributed by atoms with Gasteiger partial charge in [0.1, 0.15) is 11.6 Å². The van der Waals surface area contributed by atoms with Gasteiger partial charge in [-0.1, -0.05) is 0 Å². The number of rotatable bonds is 4. The van der Waals surface area contributed by atoms with Crippen LogP contribution in [0.5, 0.6) is 0 Å². The molecule has 1 heterocycles. The van der Waals surface area contributed by atoms with Crippen LogP contribution in [0.25, 0.3) is 0 Å². The van der Waals surface area contributed by atoms with Crippen LogP contribution in [0, 0.1) is 5.82 Å². The highest BCUT2D eigenvalue weighted by atomic mass is 19.1. The third-order valence-corrected chi connectivity index (χ3v) is 2.25. The molecule has 2 aromatic rings. The van der Waals surface area contributed by atoms with E-state index in [9.17, 15) is 9.18 Å². The second-order valence-corrected chi connectivity index (χ2v) is 3.43. The number of carboxylic acids is 1. The molecule has 5 heteroatoms. The van der Waals surface area contributed by atoms with Crippen LogP contribution < -0.4 is 5.32 Å². The number of nitrogens with one attached hydrogen (secondary N) is 1. The Kier molecular flexibility index (Phi) is 3.09. The number of aromatic carboxylic acids is 1. The van der Waals surface area contributed by atoms with Crippen molar-refractivity contribution in [2.75, 3.05) is 5.32 Å². The molecule has 0 spiro atoms. The molecule has 0 unspecified atom stereocenters. The van der Waals surface area contributed by atoms with Gasteiger partial charge >= 0.3 is 5.97 Å². The van der Waals surface area contributed by atoms with Crippen molar-refractivity contribution in [1.82, 2.24) is 0 Å². The zero-order valence-corrected chi connectivity index (χ0v) is 8.81. The maximum Gasteiger partial charge on any atom is 0.335 e. The molecule has 0 radical (unpaired) electrons. The van der Waals surface area contributed by atoms with Gasteiger partial charge in [0, 0.05) is 0 Å². The molecule has 0 bridgehead atoms. The minimum absolute atomic E-state index is 0.0355. The molecule has 4 nitrogen and oxygen atoms in total. The average Bonchev–Trinajstić information content (AvgIpc) is 2.80. The number of hydrogen-bond donors (Lipinski definition) is 2. The first kappa shape index (κ1) is 11.2. The quantitative estimate of drug-likeness (QED) is 0.855. The Morgan fingerprint density at radius 2 is 2.24 bits per heavy atom. The van der Waals surface area contributed by atoms with Crippen molar-refractivity contribution in [2.24, 2.45) is 0 Å². The summed E-state index contributed by atoms with van der Waals surface area (Å²) in [6.45, 7) is 0.299. The van der Waals surface area contributed by atoms with E-state index in [0.29, 0.717) is 12.3 Å². The van der Waals surface area contributed by atoms with E-state index in [1.165, 1.54) is 18.4 Å². The topological polar surface area (TPSA) is 62.5 Å². The van der Waals surface area contributed by atoms with Crippen LogP contribution in [-0.2, 0) is 6.54 Å². The molecule has 0 saturated carbocycles. The van der Waals surface area contributed by atoms with Crippen molar-refractivity contribution >= 4 is 11.7 Å². The van der Waals surface area contributed by atoms with Crippen LogP contribution in [0.15, 0.2) is 41.0 Å². The van der Waals surface area contributed by atoms with E-state index >= 15 is 0 Å². The van der Waals surface area contributed by atoms with E-state index < -0.39 is 11.8 Å².